The van der Waals surface area contributed by atoms with Crippen molar-refractivity contribution in [1.29, 1.82) is 0 Å². The zero-order chi connectivity index (χ0) is 31.3. The van der Waals surface area contributed by atoms with E-state index in [1.807, 2.05) is 6.92 Å². The second-order valence-corrected chi connectivity index (χ2v) is 13.7. The molecule has 0 spiro atoms. The maximum atomic E-state index is 13.1. The maximum absolute atomic E-state index is 13.1. The van der Waals surface area contributed by atoms with Gasteiger partial charge in [0, 0.05) is 23.7 Å². The topological polar surface area (TPSA) is 179 Å². The Hall–Kier alpha value is -3.08. The van der Waals surface area contributed by atoms with Gasteiger partial charge >= 0.3 is 11.9 Å². The fourth-order valence-electron chi connectivity index (χ4n) is 9.39. The van der Waals surface area contributed by atoms with Gasteiger partial charge in [0.05, 0.1) is 25.6 Å². The SMILES string of the molecule is C[C@]12CCC(=O)C=C1[C@@H](COC(=O)CC(CC(=O)O)c1ccc(O)cc1)C[C@@H]1[C@@H]2[C@@H](O)C[C@@]2(C)[C@H]1CC[C@]2(O)C(=O)CO. The summed E-state index contributed by atoms with van der Waals surface area (Å²) in [5, 5.41) is 51.9. The van der Waals surface area contributed by atoms with Crippen molar-refractivity contribution in [3.63, 3.8) is 0 Å². The predicted molar refractivity (Wildman–Crippen MR) is 153 cm³/mol. The molecule has 0 saturated heterocycles. The highest BCUT2D eigenvalue weighted by Crippen LogP contribution is 2.68. The molecule has 0 aliphatic heterocycles. The van der Waals surface area contributed by atoms with Crippen molar-refractivity contribution in [2.45, 2.75) is 82.8 Å². The van der Waals surface area contributed by atoms with Crippen LogP contribution in [-0.2, 0) is 23.9 Å². The fraction of sp³-hybridized carbons (Fsp3) is 0.636. The molecule has 3 saturated carbocycles. The number of Topliss-reactive ketones (excluding diaryl/α,β-unsaturated/α-hetero) is 1. The van der Waals surface area contributed by atoms with E-state index in [0.29, 0.717) is 31.2 Å². The number of phenols is 1. The average molecular weight is 599 g/mol. The summed E-state index contributed by atoms with van der Waals surface area (Å²) in [7, 11) is 0. The third kappa shape index (κ3) is 5.31. The molecule has 234 valence electrons. The monoisotopic (exact) mass is 598 g/mol. The molecule has 0 aromatic heterocycles. The highest BCUT2D eigenvalue weighted by Gasteiger charge is 2.69. The Labute approximate surface area is 250 Å². The number of aliphatic carboxylic acids is 1. The van der Waals surface area contributed by atoms with Crippen LogP contribution >= 0.6 is 0 Å². The van der Waals surface area contributed by atoms with E-state index in [1.54, 1.807) is 18.2 Å². The Morgan fingerprint density at radius 3 is 2.44 bits per heavy atom. The van der Waals surface area contributed by atoms with Crippen molar-refractivity contribution in [3.8, 4) is 5.75 Å². The van der Waals surface area contributed by atoms with Crippen LogP contribution in [0.3, 0.4) is 0 Å². The molecule has 4 aliphatic rings. The van der Waals surface area contributed by atoms with E-state index in [4.69, 9.17) is 4.74 Å². The van der Waals surface area contributed by atoms with E-state index < -0.39 is 52.8 Å². The molecule has 10 heteroatoms. The van der Waals surface area contributed by atoms with Gasteiger partial charge in [-0.3, -0.25) is 19.2 Å². The minimum absolute atomic E-state index is 0.0185. The number of rotatable bonds is 9. The Morgan fingerprint density at radius 2 is 1.79 bits per heavy atom. The molecule has 1 aromatic carbocycles. The fourth-order valence-corrected chi connectivity index (χ4v) is 9.39. The van der Waals surface area contributed by atoms with Gasteiger partial charge in [-0.25, -0.2) is 0 Å². The third-order valence-corrected chi connectivity index (χ3v) is 11.5. The van der Waals surface area contributed by atoms with Crippen LogP contribution in [0.4, 0.5) is 0 Å². The highest BCUT2D eigenvalue weighted by molar-refractivity contribution is 5.92. The van der Waals surface area contributed by atoms with E-state index in [1.165, 1.54) is 12.1 Å². The number of carboxylic acid groups (broad SMARTS) is 1. The number of aromatic hydroxyl groups is 1. The minimum atomic E-state index is -1.74. The van der Waals surface area contributed by atoms with Gasteiger partial charge in [-0.05, 0) is 79.0 Å². The first kappa shape index (κ1) is 31.3. The molecule has 0 bridgehead atoms. The maximum Gasteiger partial charge on any atom is 0.306 e. The van der Waals surface area contributed by atoms with Crippen molar-refractivity contribution in [3.05, 3.63) is 41.5 Å². The van der Waals surface area contributed by atoms with Crippen LogP contribution in [0.25, 0.3) is 0 Å². The number of carboxylic acids is 1. The molecule has 10 nitrogen and oxygen atoms in total. The number of benzene rings is 1. The average Bonchev–Trinajstić information content (AvgIpc) is 3.22. The number of ether oxygens (including phenoxy) is 1. The summed E-state index contributed by atoms with van der Waals surface area (Å²) in [6.07, 6.45) is 2.65. The van der Waals surface area contributed by atoms with Gasteiger partial charge in [0.1, 0.15) is 18.0 Å². The van der Waals surface area contributed by atoms with Crippen LogP contribution in [0.1, 0.15) is 76.7 Å². The van der Waals surface area contributed by atoms with Crippen molar-refractivity contribution >= 4 is 23.5 Å². The van der Waals surface area contributed by atoms with Crippen LogP contribution in [0, 0.1) is 34.5 Å². The van der Waals surface area contributed by atoms with E-state index in [-0.39, 0.29) is 67.5 Å². The molecule has 43 heavy (non-hydrogen) atoms. The van der Waals surface area contributed by atoms with Gasteiger partial charge < -0.3 is 30.3 Å². The first-order valence-corrected chi connectivity index (χ1v) is 15.2. The van der Waals surface area contributed by atoms with E-state index in [2.05, 4.69) is 6.92 Å². The number of carbonyl (C=O) groups excluding carboxylic acids is 3. The lowest BCUT2D eigenvalue weighted by molar-refractivity contribution is -0.186. The standard InChI is InChI=1S/C33H42O10/c1-31-9-7-22(36)14-25(31)20(17-43-29(41)13-19(12-28(39)40)18-3-5-21(35)6-4-18)11-23-24-8-10-33(42,27(38)16-34)32(24,2)15-26(37)30(23)31/h3-6,14,19-20,23-24,26,30,34-35,37,42H,7-13,15-17H2,1-2H3,(H,39,40)/t19?,20-,23+,24+,26+,30-,31+,32+,33+/m1/s1. The van der Waals surface area contributed by atoms with E-state index in [9.17, 15) is 44.7 Å². The van der Waals surface area contributed by atoms with Crippen LogP contribution in [0.15, 0.2) is 35.9 Å². The molecule has 0 radical (unpaired) electrons. The number of fused-ring (bicyclic) bond motifs is 5. The zero-order valence-electron chi connectivity index (χ0n) is 24.7. The number of esters is 1. The van der Waals surface area contributed by atoms with Crippen LogP contribution in [0.2, 0.25) is 0 Å². The molecule has 9 atom stereocenters. The molecular weight excluding hydrogens is 556 g/mol. The van der Waals surface area contributed by atoms with Crippen LogP contribution in [0.5, 0.6) is 5.75 Å². The molecule has 0 heterocycles. The highest BCUT2D eigenvalue weighted by atomic mass is 16.5. The Morgan fingerprint density at radius 1 is 1.09 bits per heavy atom. The first-order chi connectivity index (χ1) is 20.2. The molecule has 1 aromatic rings. The van der Waals surface area contributed by atoms with Crippen LogP contribution in [-0.4, -0.2) is 74.0 Å². The van der Waals surface area contributed by atoms with Crippen molar-refractivity contribution in [2.24, 2.45) is 34.5 Å². The summed E-state index contributed by atoms with van der Waals surface area (Å²) >= 11 is 0. The molecule has 1 unspecified atom stereocenters. The van der Waals surface area contributed by atoms with Gasteiger partial charge in [0.25, 0.3) is 0 Å². The lowest BCUT2D eigenvalue weighted by atomic mass is 9.44. The molecular formula is C33H42O10. The molecule has 5 N–H and O–H groups in total. The molecule has 4 aliphatic carbocycles. The first-order valence-electron chi connectivity index (χ1n) is 15.2. The molecule has 0 amide bonds. The predicted octanol–water partition coefficient (Wildman–Crippen LogP) is 2.91. The largest absolute Gasteiger partial charge is 0.508 e. The number of carbonyl (C=O) groups is 4. The lowest BCUT2D eigenvalue weighted by Crippen LogP contribution is -2.63. The number of phenolic OH excluding ortho intramolecular Hbond substituents is 1. The van der Waals surface area contributed by atoms with Gasteiger partial charge in [0.15, 0.2) is 11.6 Å². The minimum Gasteiger partial charge on any atom is -0.508 e. The van der Waals surface area contributed by atoms with Crippen molar-refractivity contribution in [1.82, 2.24) is 0 Å². The Kier molecular flexibility index (Phi) is 8.35. The summed E-state index contributed by atoms with van der Waals surface area (Å²) < 4.78 is 5.78. The summed E-state index contributed by atoms with van der Waals surface area (Å²) in [5.41, 5.74) is -1.79. The lowest BCUT2D eigenvalue weighted by Gasteiger charge is -2.61. The second kappa shape index (κ2) is 11.4. The van der Waals surface area contributed by atoms with Gasteiger partial charge in [0.2, 0.25) is 0 Å². The van der Waals surface area contributed by atoms with Crippen molar-refractivity contribution < 1.29 is 49.4 Å². The summed E-state index contributed by atoms with van der Waals surface area (Å²) in [4.78, 5) is 50.0. The van der Waals surface area contributed by atoms with E-state index in [0.717, 1.165) is 5.57 Å². The normalized spacial score (nSPS) is 37.4. The smallest absolute Gasteiger partial charge is 0.306 e. The Bertz CT molecular complexity index is 1320. The van der Waals surface area contributed by atoms with Crippen LogP contribution < -0.4 is 0 Å². The van der Waals surface area contributed by atoms with Gasteiger partial charge in [-0.2, -0.15) is 0 Å². The summed E-state index contributed by atoms with van der Waals surface area (Å²) in [5.74, 6) is -3.71. The number of aliphatic hydroxyl groups is 3. The summed E-state index contributed by atoms with van der Waals surface area (Å²) in [6, 6.07) is 6.03. The Balaban J connectivity index is 1.40. The summed E-state index contributed by atoms with van der Waals surface area (Å²) in [6.45, 7) is 3.08. The second-order valence-electron chi connectivity index (χ2n) is 13.7. The molecule has 3 fully saturated rings. The number of ketones is 2. The molecule has 5 rings (SSSR count). The van der Waals surface area contributed by atoms with Gasteiger partial charge in [-0.15, -0.1) is 0 Å². The number of hydrogen-bond donors (Lipinski definition) is 5. The van der Waals surface area contributed by atoms with E-state index >= 15 is 0 Å². The quantitative estimate of drug-likeness (QED) is 0.265. The van der Waals surface area contributed by atoms with Crippen molar-refractivity contribution in [2.75, 3.05) is 13.2 Å². The zero-order valence-corrected chi connectivity index (χ0v) is 24.7. The number of hydrogen-bond acceptors (Lipinski definition) is 9. The third-order valence-electron chi connectivity index (χ3n) is 11.5. The number of aliphatic hydroxyl groups excluding tert-OH is 2. The van der Waals surface area contributed by atoms with Gasteiger partial charge in [-0.1, -0.05) is 31.6 Å².